The van der Waals surface area contributed by atoms with Gasteiger partial charge in [-0.25, -0.2) is 4.79 Å². The minimum atomic E-state index is -1.14. The van der Waals surface area contributed by atoms with E-state index in [9.17, 15) is 14.4 Å². The second-order valence-electron chi connectivity index (χ2n) is 4.75. The number of carbonyl (C=O) groups is 3. The molecular weight excluding hydrogens is 312 g/mol. The number of halogens is 1. The fourth-order valence-corrected chi connectivity index (χ4v) is 2.42. The van der Waals surface area contributed by atoms with Crippen LogP contribution in [0.2, 0.25) is 5.02 Å². The number of amides is 2. The first-order valence-electron chi connectivity index (χ1n) is 6.66. The predicted molar refractivity (Wildman–Crippen MR) is 80.1 cm³/mol. The van der Waals surface area contributed by atoms with E-state index in [0.717, 1.165) is 6.42 Å². The van der Waals surface area contributed by atoms with Crippen LogP contribution in [0.4, 0.5) is 11.4 Å². The van der Waals surface area contributed by atoms with Crippen LogP contribution in [-0.4, -0.2) is 42.6 Å². The molecule has 0 aliphatic carbocycles. The highest BCUT2D eigenvalue weighted by Crippen LogP contribution is 2.31. The molecule has 1 aliphatic rings. The summed E-state index contributed by atoms with van der Waals surface area (Å²) in [6.07, 6.45) is 1.31. The summed E-state index contributed by atoms with van der Waals surface area (Å²) in [7, 11) is 0. The van der Waals surface area contributed by atoms with Crippen molar-refractivity contribution in [3.05, 3.63) is 23.2 Å². The highest BCUT2D eigenvalue weighted by atomic mass is 35.5. The number of nitrogens with one attached hydrogen (secondary N) is 1. The van der Waals surface area contributed by atoms with Gasteiger partial charge in [0.15, 0.2) is 0 Å². The number of aliphatic carboxylic acids is 1. The van der Waals surface area contributed by atoms with Crippen LogP contribution >= 0.6 is 11.6 Å². The molecule has 2 rings (SSSR count). The number of benzene rings is 1. The zero-order valence-corrected chi connectivity index (χ0v) is 12.4. The van der Waals surface area contributed by atoms with Crippen LogP contribution in [0.25, 0.3) is 0 Å². The van der Waals surface area contributed by atoms with E-state index in [-0.39, 0.29) is 12.5 Å². The molecular formula is C14H15ClN2O5. The van der Waals surface area contributed by atoms with E-state index in [4.69, 9.17) is 16.7 Å². The molecule has 1 aromatic rings. The van der Waals surface area contributed by atoms with E-state index in [1.807, 2.05) is 0 Å². The summed E-state index contributed by atoms with van der Waals surface area (Å²) in [5.74, 6) is -1.60. The lowest BCUT2D eigenvalue weighted by molar-refractivity contribution is -0.143. The van der Waals surface area contributed by atoms with Crippen molar-refractivity contribution < 1.29 is 24.2 Å². The molecule has 118 valence electrons. The molecule has 0 saturated carbocycles. The first-order valence-corrected chi connectivity index (χ1v) is 7.04. The predicted octanol–water partition coefficient (Wildman–Crippen LogP) is 1.51. The summed E-state index contributed by atoms with van der Waals surface area (Å²) < 4.78 is 4.68. The lowest BCUT2D eigenvalue weighted by Gasteiger charge is -2.18. The molecule has 2 N–H and O–H groups in total. The van der Waals surface area contributed by atoms with E-state index in [0.29, 0.717) is 29.4 Å². The van der Waals surface area contributed by atoms with E-state index < -0.39 is 18.5 Å². The van der Waals surface area contributed by atoms with E-state index in [1.54, 1.807) is 17.0 Å². The number of hydrogen-bond donors (Lipinski definition) is 2. The Morgan fingerprint density at radius 1 is 1.36 bits per heavy atom. The Morgan fingerprint density at radius 2 is 2.14 bits per heavy atom. The number of ether oxygens (including phenoxy) is 1. The largest absolute Gasteiger partial charge is 0.480 e. The second-order valence-corrected chi connectivity index (χ2v) is 5.16. The maximum Gasteiger partial charge on any atom is 0.329 e. The standard InChI is InChI=1S/C14H15ClN2O5/c15-10-6-9(16-12(18)7-22-8-14(20)21)3-4-11(10)17-5-1-2-13(17)19/h3-4,6H,1-2,5,7-8H2,(H,16,18)(H,20,21). The van der Waals surface area contributed by atoms with E-state index in [2.05, 4.69) is 10.1 Å². The first-order chi connectivity index (χ1) is 10.5. The molecule has 1 aliphatic heterocycles. The van der Waals surface area contributed by atoms with E-state index in [1.165, 1.54) is 6.07 Å². The number of rotatable bonds is 6. The molecule has 1 aromatic carbocycles. The topological polar surface area (TPSA) is 95.9 Å². The summed E-state index contributed by atoms with van der Waals surface area (Å²) in [6.45, 7) is -0.270. The average molecular weight is 327 g/mol. The van der Waals surface area contributed by atoms with Gasteiger partial charge in [-0.15, -0.1) is 0 Å². The van der Waals surface area contributed by atoms with Crippen LogP contribution < -0.4 is 10.2 Å². The Morgan fingerprint density at radius 3 is 2.73 bits per heavy atom. The van der Waals surface area contributed by atoms with Gasteiger partial charge >= 0.3 is 5.97 Å². The molecule has 0 aromatic heterocycles. The Labute approximate surface area is 131 Å². The van der Waals surface area contributed by atoms with Gasteiger partial charge in [-0.3, -0.25) is 9.59 Å². The van der Waals surface area contributed by atoms with Crippen molar-refractivity contribution in [2.45, 2.75) is 12.8 Å². The lowest BCUT2D eigenvalue weighted by Crippen LogP contribution is -2.24. The summed E-state index contributed by atoms with van der Waals surface area (Å²) in [4.78, 5) is 35.1. The number of hydrogen-bond acceptors (Lipinski definition) is 4. The van der Waals surface area contributed by atoms with Gasteiger partial charge in [0.1, 0.15) is 13.2 Å². The van der Waals surface area contributed by atoms with Crippen molar-refractivity contribution in [1.29, 1.82) is 0 Å². The third-order valence-corrected chi connectivity index (χ3v) is 3.36. The molecule has 0 radical (unpaired) electrons. The zero-order valence-electron chi connectivity index (χ0n) is 11.7. The van der Waals surface area contributed by atoms with Gasteiger partial charge < -0.3 is 20.1 Å². The molecule has 2 amide bonds. The average Bonchev–Trinajstić information content (AvgIpc) is 2.84. The first kappa shape index (κ1) is 16.3. The minimum Gasteiger partial charge on any atom is -0.480 e. The normalized spacial score (nSPS) is 14.2. The molecule has 8 heteroatoms. The fraction of sp³-hybridized carbons (Fsp3) is 0.357. The smallest absolute Gasteiger partial charge is 0.329 e. The van der Waals surface area contributed by atoms with Crippen molar-refractivity contribution >= 4 is 40.8 Å². The molecule has 0 bridgehead atoms. The van der Waals surface area contributed by atoms with Crippen LogP contribution in [0, 0.1) is 0 Å². The highest BCUT2D eigenvalue weighted by Gasteiger charge is 2.23. The van der Waals surface area contributed by atoms with Crippen LogP contribution in [-0.2, 0) is 19.1 Å². The minimum absolute atomic E-state index is 0.0285. The van der Waals surface area contributed by atoms with Crippen LogP contribution in [0.3, 0.4) is 0 Å². The van der Waals surface area contributed by atoms with Gasteiger partial charge in [0.05, 0.1) is 10.7 Å². The SMILES string of the molecule is O=C(O)COCC(=O)Nc1ccc(N2CCCC2=O)c(Cl)c1. The van der Waals surface area contributed by atoms with Crippen molar-refractivity contribution in [3.8, 4) is 0 Å². The third kappa shape index (κ3) is 4.19. The summed E-state index contributed by atoms with van der Waals surface area (Å²) >= 11 is 6.15. The highest BCUT2D eigenvalue weighted by molar-refractivity contribution is 6.34. The molecule has 0 atom stereocenters. The number of carbonyl (C=O) groups excluding carboxylic acids is 2. The van der Waals surface area contributed by atoms with Crippen LogP contribution in [0.5, 0.6) is 0 Å². The number of nitrogens with zero attached hydrogens (tertiary/aromatic N) is 1. The summed E-state index contributed by atoms with van der Waals surface area (Å²) in [5, 5.41) is 11.3. The monoisotopic (exact) mass is 326 g/mol. The number of carboxylic acid groups (broad SMARTS) is 1. The molecule has 1 fully saturated rings. The van der Waals surface area contributed by atoms with Crippen molar-refractivity contribution in [1.82, 2.24) is 0 Å². The molecule has 7 nitrogen and oxygen atoms in total. The molecule has 0 spiro atoms. The Balaban J connectivity index is 1.96. The maximum atomic E-state index is 11.7. The Bertz CT molecular complexity index is 605. The number of anilines is 2. The van der Waals surface area contributed by atoms with Gasteiger partial charge in [0.25, 0.3) is 0 Å². The molecule has 22 heavy (non-hydrogen) atoms. The second kappa shape index (κ2) is 7.24. The molecule has 1 saturated heterocycles. The van der Waals surface area contributed by atoms with Crippen molar-refractivity contribution in [2.75, 3.05) is 30.0 Å². The Hall–Kier alpha value is -2.12. The maximum absolute atomic E-state index is 11.7. The van der Waals surface area contributed by atoms with Crippen molar-refractivity contribution in [2.24, 2.45) is 0 Å². The fourth-order valence-electron chi connectivity index (χ4n) is 2.13. The third-order valence-electron chi connectivity index (χ3n) is 3.05. The molecule has 0 unspecified atom stereocenters. The van der Waals surface area contributed by atoms with Gasteiger partial charge in [-0.2, -0.15) is 0 Å². The van der Waals surface area contributed by atoms with Gasteiger partial charge in [0, 0.05) is 18.7 Å². The quantitative estimate of drug-likeness (QED) is 0.826. The van der Waals surface area contributed by atoms with Gasteiger partial charge in [0.2, 0.25) is 11.8 Å². The summed E-state index contributed by atoms with van der Waals surface area (Å²) in [5.41, 5.74) is 1.06. The van der Waals surface area contributed by atoms with E-state index >= 15 is 0 Å². The molecule has 1 heterocycles. The zero-order chi connectivity index (χ0) is 16.1. The van der Waals surface area contributed by atoms with Gasteiger partial charge in [-0.1, -0.05) is 11.6 Å². The lowest BCUT2D eigenvalue weighted by atomic mass is 10.2. The Kier molecular flexibility index (Phi) is 5.35. The van der Waals surface area contributed by atoms with Gasteiger partial charge in [-0.05, 0) is 24.6 Å². The summed E-state index contributed by atoms with van der Waals surface area (Å²) in [6, 6.07) is 4.83. The van der Waals surface area contributed by atoms with Crippen LogP contribution in [0.15, 0.2) is 18.2 Å². The van der Waals surface area contributed by atoms with Crippen molar-refractivity contribution in [3.63, 3.8) is 0 Å². The number of carboxylic acids is 1. The van der Waals surface area contributed by atoms with Crippen LogP contribution in [0.1, 0.15) is 12.8 Å².